The highest BCUT2D eigenvalue weighted by molar-refractivity contribution is 7.09. The molecule has 2 atom stereocenters. The fourth-order valence-electron chi connectivity index (χ4n) is 2.26. The molecular weight excluding hydrogens is 307 g/mol. The second-order valence-corrected chi connectivity index (χ2v) is 7.31. The molecule has 7 heteroatoms. The Morgan fingerprint density at radius 3 is 2.82 bits per heavy atom. The Morgan fingerprint density at radius 2 is 2.23 bits per heavy atom. The summed E-state index contributed by atoms with van der Waals surface area (Å²) in [6.45, 7) is 5.48. The fourth-order valence-corrected chi connectivity index (χ4v) is 2.91. The number of hydrogen-bond donors (Lipinski definition) is 1. The average molecular weight is 328 g/mol. The van der Waals surface area contributed by atoms with Gasteiger partial charge in [-0.05, 0) is 32.2 Å². The quantitative estimate of drug-likeness (QED) is 0.928. The normalized spacial score (nSPS) is 21.7. The highest BCUT2D eigenvalue weighted by Crippen LogP contribution is 2.23. The molecule has 2 heterocycles. The van der Waals surface area contributed by atoms with Crippen LogP contribution in [0.3, 0.4) is 0 Å². The molecule has 0 radical (unpaired) electrons. The van der Waals surface area contributed by atoms with Crippen molar-refractivity contribution in [3.05, 3.63) is 22.4 Å². The van der Waals surface area contributed by atoms with Crippen molar-refractivity contribution >= 4 is 23.3 Å². The highest BCUT2D eigenvalue weighted by atomic mass is 32.1. The van der Waals surface area contributed by atoms with Crippen LogP contribution in [-0.4, -0.2) is 41.3 Å². The van der Waals surface area contributed by atoms with Gasteiger partial charge < -0.3 is 10.1 Å². The number of alkyl halides is 1. The lowest BCUT2D eigenvalue weighted by Crippen LogP contribution is -2.47. The van der Waals surface area contributed by atoms with E-state index in [1.807, 2.05) is 17.5 Å². The molecule has 1 fully saturated rings. The number of carbonyl (C=O) groups excluding carboxylic acids is 2. The number of nitrogens with zero attached hydrogens (tertiary/aromatic N) is 1. The molecule has 1 aromatic rings. The molecule has 1 aliphatic heterocycles. The lowest BCUT2D eigenvalue weighted by molar-refractivity contribution is -0.125. The molecule has 0 bridgehead atoms. The Kier molecular flexibility index (Phi) is 5.05. The molecule has 0 aromatic carbocycles. The molecule has 2 rings (SSSR count). The Hall–Kier alpha value is -1.63. The summed E-state index contributed by atoms with van der Waals surface area (Å²) >= 11 is 1.53. The van der Waals surface area contributed by atoms with Gasteiger partial charge in [-0.2, -0.15) is 0 Å². The predicted molar refractivity (Wildman–Crippen MR) is 82.4 cm³/mol. The van der Waals surface area contributed by atoms with Gasteiger partial charge in [-0.1, -0.05) is 6.07 Å². The summed E-state index contributed by atoms with van der Waals surface area (Å²) in [7, 11) is 0. The minimum Gasteiger partial charge on any atom is -0.444 e. The third-order valence-corrected chi connectivity index (χ3v) is 4.07. The van der Waals surface area contributed by atoms with Crippen LogP contribution in [0.2, 0.25) is 0 Å². The minimum absolute atomic E-state index is 0.00944. The average Bonchev–Trinajstić information content (AvgIpc) is 3.02. The first-order valence-electron chi connectivity index (χ1n) is 7.20. The van der Waals surface area contributed by atoms with E-state index in [4.69, 9.17) is 4.74 Å². The van der Waals surface area contributed by atoms with Gasteiger partial charge >= 0.3 is 6.09 Å². The monoisotopic (exact) mass is 328 g/mol. The van der Waals surface area contributed by atoms with Crippen LogP contribution >= 0.6 is 11.3 Å². The van der Waals surface area contributed by atoms with E-state index in [9.17, 15) is 14.0 Å². The molecule has 1 N–H and O–H groups in total. The number of ether oxygens (including phenoxy) is 1. The zero-order chi connectivity index (χ0) is 16.3. The molecular formula is C15H21FN2O3S. The summed E-state index contributed by atoms with van der Waals surface area (Å²) in [4.78, 5) is 26.5. The van der Waals surface area contributed by atoms with E-state index in [1.54, 1.807) is 20.8 Å². The zero-order valence-corrected chi connectivity index (χ0v) is 13.8. The summed E-state index contributed by atoms with van der Waals surface area (Å²) in [5.74, 6) is -0.348. The van der Waals surface area contributed by atoms with Crippen LogP contribution in [-0.2, 0) is 16.1 Å². The molecule has 1 saturated heterocycles. The van der Waals surface area contributed by atoms with E-state index in [0.717, 1.165) is 4.88 Å². The lowest BCUT2D eigenvalue weighted by Gasteiger charge is -2.27. The molecule has 0 unspecified atom stereocenters. The topological polar surface area (TPSA) is 58.6 Å². The van der Waals surface area contributed by atoms with Crippen molar-refractivity contribution in [2.75, 3.05) is 6.54 Å². The molecule has 122 valence electrons. The first kappa shape index (κ1) is 16.7. The Labute approximate surface area is 133 Å². The molecule has 5 nitrogen and oxygen atoms in total. The maximum Gasteiger partial charge on any atom is 0.411 e. The molecule has 0 saturated carbocycles. The Bertz CT molecular complexity index is 527. The third kappa shape index (κ3) is 4.43. The number of halogens is 1. The Morgan fingerprint density at radius 1 is 1.50 bits per heavy atom. The van der Waals surface area contributed by atoms with Crippen LogP contribution in [0.25, 0.3) is 0 Å². The van der Waals surface area contributed by atoms with Gasteiger partial charge in [0.15, 0.2) is 0 Å². The SMILES string of the molecule is CC(C)(C)OC(=O)N1C[C@@H](F)C[C@@H]1C(=O)NCc1cccs1. The maximum absolute atomic E-state index is 13.7. The van der Waals surface area contributed by atoms with E-state index in [0.29, 0.717) is 6.54 Å². The van der Waals surface area contributed by atoms with E-state index in [-0.39, 0.29) is 18.9 Å². The number of nitrogens with one attached hydrogen (secondary N) is 1. The van der Waals surface area contributed by atoms with Crippen LogP contribution < -0.4 is 5.32 Å². The summed E-state index contributed by atoms with van der Waals surface area (Å²) in [5, 5.41) is 4.67. The molecule has 22 heavy (non-hydrogen) atoms. The summed E-state index contributed by atoms with van der Waals surface area (Å²) in [5.41, 5.74) is -0.677. The van der Waals surface area contributed by atoms with E-state index in [1.165, 1.54) is 16.2 Å². The number of likely N-dealkylation sites (tertiary alicyclic amines) is 1. The molecule has 2 amide bonds. The molecule has 0 aliphatic carbocycles. The van der Waals surface area contributed by atoms with Gasteiger partial charge in [0.1, 0.15) is 17.8 Å². The maximum atomic E-state index is 13.7. The fraction of sp³-hybridized carbons (Fsp3) is 0.600. The second-order valence-electron chi connectivity index (χ2n) is 6.28. The van der Waals surface area contributed by atoms with Crippen molar-refractivity contribution in [3.63, 3.8) is 0 Å². The van der Waals surface area contributed by atoms with Crippen LogP contribution in [0, 0.1) is 0 Å². The van der Waals surface area contributed by atoms with Crippen LogP contribution in [0.15, 0.2) is 17.5 Å². The predicted octanol–water partition coefficient (Wildman–Crippen LogP) is 2.71. The van der Waals surface area contributed by atoms with E-state index < -0.39 is 23.9 Å². The van der Waals surface area contributed by atoms with Gasteiger partial charge in [0.05, 0.1) is 13.1 Å². The first-order valence-corrected chi connectivity index (χ1v) is 8.08. The molecule has 1 aromatic heterocycles. The van der Waals surface area contributed by atoms with Crippen molar-refractivity contribution in [1.82, 2.24) is 10.2 Å². The largest absolute Gasteiger partial charge is 0.444 e. The second kappa shape index (κ2) is 6.64. The van der Waals surface area contributed by atoms with Crippen LogP contribution in [0.1, 0.15) is 32.1 Å². The van der Waals surface area contributed by atoms with Crippen LogP contribution in [0.4, 0.5) is 9.18 Å². The lowest BCUT2D eigenvalue weighted by atomic mass is 10.2. The van der Waals surface area contributed by atoms with Crippen LogP contribution in [0.5, 0.6) is 0 Å². The number of amides is 2. The number of thiophene rings is 1. The van der Waals surface area contributed by atoms with E-state index >= 15 is 0 Å². The molecule has 0 spiro atoms. The van der Waals surface area contributed by atoms with Crippen molar-refractivity contribution in [3.8, 4) is 0 Å². The zero-order valence-electron chi connectivity index (χ0n) is 13.0. The van der Waals surface area contributed by atoms with Crippen molar-refractivity contribution in [2.45, 2.75) is 51.6 Å². The summed E-state index contributed by atoms with van der Waals surface area (Å²) in [6, 6.07) is 2.99. The van der Waals surface area contributed by atoms with Crippen molar-refractivity contribution < 1.29 is 18.7 Å². The number of rotatable bonds is 3. The van der Waals surface area contributed by atoms with Gasteiger partial charge in [-0.3, -0.25) is 9.69 Å². The minimum atomic E-state index is -1.20. The summed E-state index contributed by atoms with van der Waals surface area (Å²) < 4.78 is 18.9. The molecule has 1 aliphatic rings. The Balaban J connectivity index is 1.97. The van der Waals surface area contributed by atoms with Gasteiger partial charge in [-0.25, -0.2) is 9.18 Å². The third-order valence-electron chi connectivity index (χ3n) is 3.20. The van der Waals surface area contributed by atoms with Gasteiger partial charge in [0.25, 0.3) is 0 Å². The summed E-state index contributed by atoms with van der Waals surface area (Å²) in [6.07, 6.45) is -1.84. The van der Waals surface area contributed by atoms with Crippen molar-refractivity contribution in [1.29, 1.82) is 0 Å². The van der Waals surface area contributed by atoms with Gasteiger partial charge in [0.2, 0.25) is 5.91 Å². The number of carbonyl (C=O) groups is 2. The van der Waals surface area contributed by atoms with Crippen molar-refractivity contribution in [2.24, 2.45) is 0 Å². The highest BCUT2D eigenvalue weighted by Gasteiger charge is 2.41. The standard InChI is InChI=1S/C15H21FN2O3S/c1-15(2,3)21-14(20)18-9-10(16)7-12(18)13(19)17-8-11-5-4-6-22-11/h4-6,10,12H,7-9H2,1-3H3,(H,17,19)/t10-,12+/m0/s1. The smallest absolute Gasteiger partial charge is 0.411 e. The van der Waals surface area contributed by atoms with Gasteiger partial charge in [0, 0.05) is 11.3 Å². The van der Waals surface area contributed by atoms with Gasteiger partial charge in [-0.15, -0.1) is 11.3 Å². The number of hydrogen-bond acceptors (Lipinski definition) is 4. The first-order chi connectivity index (χ1) is 10.3. The van der Waals surface area contributed by atoms with E-state index in [2.05, 4.69) is 5.32 Å².